The van der Waals surface area contributed by atoms with E-state index in [4.69, 9.17) is 0 Å². The van der Waals surface area contributed by atoms with E-state index < -0.39 is 0 Å². The molecule has 156 valence electrons. The molecule has 0 aliphatic heterocycles. The predicted molar refractivity (Wildman–Crippen MR) is 127 cm³/mol. The van der Waals surface area contributed by atoms with Gasteiger partial charge in [-0.1, -0.05) is 74.4 Å². The molecule has 0 nitrogen and oxygen atoms in total. The molecule has 0 heteroatoms. The van der Waals surface area contributed by atoms with E-state index in [2.05, 4.69) is 62.4 Å². The van der Waals surface area contributed by atoms with Gasteiger partial charge in [-0.3, -0.25) is 0 Å². The van der Waals surface area contributed by atoms with E-state index in [1.807, 2.05) is 0 Å². The minimum atomic E-state index is 0.509. The Morgan fingerprint density at radius 2 is 1.57 bits per heavy atom. The van der Waals surface area contributed by atoms with E-state index in [0.29, 0.717) is 11.3 Å². The van der Waals surface area contributed by atoms with E-state index in [1.165, 1.54) is 73.6 Å². The number of hydrogen-bond donors (Lipinski definition) is 0. The summed E-state index contributed by atoms with van der Waals surface area (Å²) in [5.41, 5.74) is 9.63. The first kappa shape index (κ1) is 18.9. The first-order chi connectivity index (χ1) is 14.6. The van der Waals surface area contributed by atoms with Crippen molar-refractivity contribution < 1.29 is 0 Å². The van der Waals surface area contributed by atoms with Gasteiger partial charge in [0.2, 0.25) is 0 Å². The van der Waals surface area contributed by atoms with E-state index in [0.717, 1.165) is 24.2 Å². The molecule has 7 rings (SSSR count). The lowest BCUT2D eigenvalue weighted by Gasteiger charge is -2.57. The largest absolute Gasteiger partial charge is 0.0654 e. The average Bonchev–Trinajstić information content (AvgIpc) is 3.18. The van der Waals surface area contributed by atoms with Gasteiger partial charge in [-0.2, -0.15) is 0 Å². The Labute approximate surface area is 182 Å². The summed E-state index contributed by atoms with van der Waals surface area (Å²) in [4.78, 5) is 0. The summed E-state index contributed by atoms with van der Waals surface area (Å²) in [6.07, 6.45) is 15.2. The molecule has 4 bridgehead atoms. The van der Waals surface area contributed by atoms with Gasteiger partial charge < -0.3 is 0 Å². The fourth-order valence-electron chi connectivity index (χ4n) is 8.05. The molecule has 2 aromatic rings. The Morgan fingerprint density at radius 1 is 0.900 bits per heavy atom. The first-order valence-electron chi connectivity index (χ1n) is 12.6. The minimum Gasteiger partial charge on any atom is -0.0654 e. The van der Waals surface area contributed by atoms with Crippen LogP contribution in [0.25, 0.3) is 17.2 Å². The van der Waals surface area contributed by atoms with Gasteiger partial charge in [0.15, 0.2) is 0 Å². The summed E-state index contributed by atoms with van der Waals surface area (Å²) in [7, 11) is 0. The van der Waals surface area contributed by atoms with Gasteiger partial charge in [0.05, 0.1) is 0 Å². The van der Waals surface area contributed by atoms with Crippen LogP contribution in [0, 0.1) is 23.7 Å². The molecule has 1 atom stereocenters. The minimum absolute atomic E-state index is 0.509. The van der Waals surface area contributed by atoms with Gasteiger partial charge in [-0.25, -0.2) is 0 Å². The second-order valence-corrected chi connectivity index (χ2v) is 11.2. The highest BCUT2D eigenvalue weighted by molar-refractivity contribution is 5.81. The van der Waals surface area contributed by atoms with Crippen molar-refractivity contribution in [2.75, 3.05) is 0 Å². The zero-order chi connectivity index (χ0) is 20.3. The zero-order valence-corrected chi connectivity index (χ0v) is 18.8. The maximum Gasteiger partial charge on any atom is -0.00391 e. The lowest BCUT2D eigenvalue weighted by molar-refractivity contribution is -0.00518. The van der Waals surface area contributed by atoms with E-state index in [9.17, 15) is 0 Å². The van der Waals surface area contributed by atoms with Gasteiger partial charge in [0.25, 0.3) is 0 Å². The maximum atomic E-state index is 2.51. The standard InChI is InChI=1S/C30H36/c1-3-5-20(2)26-15-25-6-4-7-28(29(25)16-26)24-8-10-27(11-9-24)30-17-21-12-22(18-30)14-23(13-21)19-30/h4,6-11,16,20-23H,3,5,12-15,17-19H2,1-2H3. The normalized spacial score (nSPS) is 32.2. The molecule has 0 N–H and O–H groups in total. The first-order valence-corrected chi connectivity index (χ1v) is 12.6. The SMILES string of the molecule is CCCC(C)C1=Cc2c(cccc2-c2ccc(C34CC5CC(CC(C5)C3)C4)cc2)C1. The summed E-state index contributed by atoms with van der Waals surface area (Å²) in [6.45, 7) is 4.71. The van der Waals surface area contributed by atoms with Crippen LogP contribution in [0.5, 0.6) is 0 Å². The zero-order valence-electron chi connectivity index (χ0n) is 18.8. The van der Waals surface area contributed by atoms with E-state index in [1.54, 1.807) is 11.1 Å². The van der Waals surface area contributed by atoms with Crippen molar-refractivity contribution in [2.24, 2.45) is 23.7 Å². The molecule has 4 fully saturated rings. The molecule has 2 aromatic carbocycles. The molecule has 0 radical (unpaired) electrons. The Morgan fingerprint density at radius 3 is 2.20 bits per heavy atom. The highest BCUT2D eigenvalue weighted by Gasteiger charge is 2.51. The van der Waals surface area contributed by atoms with Crippen molar-refractivity contribution in [2.45, 2.75) is 77.0 Å². The quantitative estimate of drug-likeness (QED) is 0.478. The van der Waals surface area contributed by atoms with Gasteiger partial charge >= 0.3 is 0 Å². The lowest BCUT2D eigenvalue weighted by Crippen LogP contribution is -2.48. The highest BCUT2D eigenvalue weighted by atomic mass is 14.6. The Hall–Kier alpha value is -1.82. The predicted octanol–water partition coefficient (Wildman–Crippen LogP) is 8.20. The van der Waals surface area contributed by atoms with Gasteiger partial charge in [-0.05, 0) is 108 Å². The molecule has 1 unspecified atom stereocenters. The van der Waals surface area contributed by atoms with Crippen LogP contribution in [0.3, 0.4) is 0 Å². The van der Waals surface area contributed by atoms with Crippen LogP contribution in [0.15, 0.2) is 48.0 Å². The topological polar surface area (TPSA) is 0 Å². The fourth-order valence-corrected chi connectivity index (χ4v) is 8.05. The lowest BCUT2D eigenvalue weighted by atomic mass is 9.48. The second kappa shape index (κ2) is 7.11. The molecule has 0 aromatic heterocycles. The Bertz CT molecular complexity index is 938. The van der Waals surface area contributed by atoms with Crippen LogP contribution in [-0.2, 0) is 11.8 Å². The van der Waals surface area contributed by atoms with Crippen molar-refractivity contribution in [1.29, 1.82) is 0 Å². The third kappa shape index (κ3) is 3.02. The summed E-state index contributed by atoms with van der Waals surface area (Å²) < 4.78 is 0. The summed E-state index contributed by atoms with van der Waals surface area (Å²) in [6, 6.07) is 16.8. The molecule has 4 saturated carbocycles. The van der Waals surface area contributed by atoms with Crippen LogP contribution in [-0.4, -0.2) is 0 Å². The van der Waals surface area contributed by atoms with Crippen molar-refractivity contribution in [3.63, 3.8) is 0 Å². The molecule has 5 aliphatic rings. The van der Waals surface area contributed by atoms with Gasteiger partial charge in [-0.15, -0.1) is 0 Å². The molecular formula is C30H36. The maximum absolute atomic E-state index is 2.51. The van der Waals surface area contributed by atoms with Crippen molar-refractivity contribution in [3.8, 4) is 11.1 Å². The molecule has 0 spiro atoms. The number of hydrogen-bond acceptors (Lipinski definition) is 0. The van der Waals surface area contributed by atoms with Gasteiger partial charge in [0.1, 0.15) is 0 Å². The number of fused-ring (bicyclic) bond motifs is 1. The monoisotopic (exact) mass is 396 g/mol. The molecule has 0 amide bonds. The second-order valence-electron chi connectivity index (χ2n) is 11.2. The van der Waals surface area contributed by atoms with Crippen LogP contribution in [0.4, 0.5) is 0 Å². The third-order valence-corrected chi connectivity index (χ3v) is 9.12. The van der Waals surface area contributed by atoms with Crippen LogP contribution >= 0.6 is 0 Å². The molecular weight excluding hydrogens is 360 g/mol. The molecule has 0 heterocycles. The van der Waals surface area contributed by atoms with E-state index in [-0.39, 0.29) is 0 Å². The van der Waals surface area contributed by atoms with Crippen LogP contribution in [0.1, 0.15) is 81.9 Å². The van der Waals surface area contributed by atoms with Crippen molar-refractivity contribution in [3.05, 3.63) is 64.7 Å². The summed E-state index contributed by atoms with van der Waals surface area (Å²) in [5, 5.41) is 0. The number of allylic oxidation sites excluding steroid dienone is 1. The van der Waals surface area contributed by atoms with Crippen molar-refractivity contribution >= 4 is 6.08 Å². The number of benzene rings is 2. The van der Waals surface area contributed by atoms with Crippen LogP contribution < -0.4 is 0 Å². The van der Waals surface area contributed by atoms with Crippen LogP contribution in [0.2, 0.25) is 0 Å². The Balaban J connectivity index is 1.31. The van der Waals surface area contributed by atoms with E-state index >= 15 is 0 Å². The molecule has 30 heavy (non-hydrogen) atoms. The average molecular weight is 397 g/mol. The third-order valence-electron chi connectivity index (χ3n) is 9.12. The number of rotatable bonds is 5. The summed E-state index contributed by atoms with van der Waals surface area (Å²) >= 11 is 0. The fraction of sp³-hybridized carbons (Fsp3) is 0.533. The van der Waals surface area contributed by atoms with Gasteiger partial charge in [0, 0.05) is 0 Å². The summed E-state index contributed by atoms with van der Waals surface area (Å²) in [5.74, 6) is 3.75. The van der Waals surface area contributed by atoms with Crippen molar-refractivity contribution in [1.82, 2.24) is 0 Å². The Kier molecular flexibility index (Phi) is 4.48. The highest BCUT2D eigenvalue weighted by Crippen LogP contribution is 2.60. The molecule has 5 aliphatic carbocycles. The molecule has 0 saturated heterocycles. The smallest absolute Gasteiger partial charge is 0.00391 e.